The Morgan fingerprint density at radius 2 is 2.00 bits per heavy atom. The lowest BCUT2D eigenvalue weighted by molar-refractivity contribution is -0.142. The lowest BCUT2D eigenvalue weighted by Crippen LogP contribution is -2.22. The van der Waals surface area contributed by atoms with Crippen LogP contribution in [0.4, 0.5) is 0 Å². The van der Waals surface area contributed by atoms with Crippen molar-refractivity contribution in [1.82, 2.24) is 19.3 Å². The molecule has 2 heterocycles. The summed E-state index contributed by atoms with van der Waals surface area (Å²) in [7, 11) is 0. The van der Waals surface area contributed by atoms with E-state index in [2.05, 4.69) is 10.1 Å². The fourth-order valence-corrected chi connectivity index (χ4v) is 2.87. The summed E-state index contributed by atoms with van der Waals surface area (Å²) in [6, 6.07) is 8.45. The van der Waals surface area contributed by atoms with Crippen molar-refractivity contribution in [3.05, 3.63) is 48.5 Å². The number of aryl methyl sites for hydroxylation is 2. The van der Waals surface area contributed by atoms with E-state index >= 15 is 0 Å². The quantitative estimate of drug-likeness (QED) is 0.718. The van der Waals surface area contributed by atoms with Gasteiger partial charge in [-0.15, -0.1) is 0 Å². The number of imidazole rings is 1. The molecule has 0 saturated heterocycles. The van der Waals surface area contributed by atoms with Gasteiger partial charge in [-0.05, 0) is 13.8 Å². The van der Waals surface area contributed by atoms with Crippen molar-refractivity contribution in [3.8, 4) is 22.5 Å². The van der Waals surface area contributed by atoms with E-state index in [0.717, 1.165) is 16.8 Å². The predicted octanol–water partition coefficient (Wildman–Crippen LogP) is 2.36. The van der Waals surface area contributed by atoms with Gasteiger partial charge in [0.15, 0.2) is 6.04 Å². The maximum atomic E-state index is 11.6. The SMILES string of the molecule is CCn1cc(-c2c(-c3ccccc3)ncn2[C@H](CO)C(=O)O)c(C)n1. The van der Waals surface area contributed by atoms with Gasteiger partial charge < -0.3 is 14.8 Å². The monoisotopic (exact) mass is 340 g/mol. The van der Waals surface area contributed by atoms with Crippen LogP contribution < -0.4 is 0 Å². The second-order valence-corrected chi connectivity index (χ2v) is 5.74. The van der Waals surface area contributed by atoms with E-state index < -0.39 is 18.6 Å². The predicted molar refractivity (Wildman–Crippen MR) is 93.1 cm³/mol. The Bertz CT molecular complexity index is 883. The van der Waals surface area contributed by atoms with E-state index in [0.29, 0.717) is 17.9 Å². The molecule has 1 atom stereocenters. The van der Waals surface area contributed by atoms with Gasteiger partial charge in [-0.1, -0.05) is 30.3 Å². The molecule has 2 aromatic heterocycles. The van der Waals surface area contributed by atoms with Crippen molar-refractivity contribution in [3.63, 3.8) is 0 Å². The lowest BCUT2D eigenvalue weighted by Gasteiger charge is -2.15. The minimum atomic E-state index is -1.11. The molecule has 3 rings (SSSR count). The molecule has 0 bridgehead atoms. The minimum Gasteiger partial charge on any atom is -0.480 e. The van der Waals surface area contributed by atoms with Crippen molar-refractivity contribution in [2.45, 2.75) is 26.4 Å². The number of carbonyl (C=O) groups is 1. The Labute approximate surface area is 145 Å². The lowest BCUT2D eigenvalue weighted by atomic mass is 10.0. The van der Waals surface area contributed by atoms with Crippen LogP contribution in [0.3, 0.4) is 0 Å². The molecule has 0 unspecified atom stereocenters. The van der Waals surface area contributed by atoms with Gasteiger partial charge in [0, 0.05) is 23.9 Å². The van der Waals surface area contributed by atoms with Crippen LogP contribution in [0, 0.1) is 6.92 Å². The number of nitrogens with zero attached hydrogens (tertiary/aromatic N) is 4. The third-order valence-electron chi connectivity index (χ3n) is 4.16. The van der Waals surface area contributed by atoms with Crippen LogP contribution in [0.2, 0.25) is 0 Å². The minimum absolute atomic E-state index is 0.520. The van der Waals surface area contributed by atoms with Crippen LogP contribution in [0.15, 0.2) is 42.9 Å². The van der Waals surface area contributed by atoms with Crippen LogP contribution >= 0.6 is 0 Å². The standard InChI is InChI=1S/C18H20N4O3/c1-3-21-9-14(12(2)20-21)17-16(13-7-5-4-6-8-13)19-11-22(17)15(10-23)18(24)25/h4-9,11,15,23H,3,10H2,1-2H3,(H,24,25)/t15-/m1/s1. The molecule has 0 aliphatic heterocycles. The number of aliphatic hydroxyl groups is 1. The number of aromatic nitrogens is 4. The van der Waals surface area contributed by atoms with Gasteiger partial charge in [0.2, 0.25) is 0 Å². The first kappa shape index (κ1) is 16.9. The van der Waals surface area contributed by atoms with Crippen molar-refractivity contribution in [2.24, 2.45) is 0 Å². The molecule has 0 aliphatic carbocycles. The van der Waals surface area contributed by atoms with Gasteiger partial charge in [-0.25, -0.2) is 9.78 Å². The number of hydrogen-bond acceptors (Lipinski definition) is 4. The van der Waals surface area contributed by atoms with Crippen LogP contribution in [0.5, 0.6) is 0 Å². The Kier molecular flexibility index (Phi) is 4.67. The second kappa shape index (κ2) is 6.90. The smallest absolute Gasteiger partial charge is 0.329 e. The van der Waals surface area contributed by atoms with Crippen molar-refractivity contribution < 1.29 is 15.0 Å². The van der Waals surface area contributed by atoms with Crippen molar-refractivity contribution >= 4 is 5.97 Å². The Morgan fingerprint density at radius 1 is 1.28 bits per heavy atom. The van der Waals surface area contributed by atoms with Crippen LogP contribution in [-0.4, -0.2) is 42.1 Å². The van der Waals surface area contributed by atoms with Gasteiger partial charge in [-0.3, -0.25) is 4.68 Å². The topological polar surface area (TPSA) is 93.2 Å². The summed E-state index contributed by atoms with van der Waals surface area (Å²) in [5.74, 6) is -1.11. The molecule has 0 aliphatic rings. The summed E-state index contributed by atoms with van der Waals surface area (Å²) in [4.78, 5) is 16.0. The highest BCUT2D eigenvalue weighted by atomic mass is 16.4. The first-order chi connectivity index (χ1) is 12.1. The zero-order chi connectivity index (χ0) is 18.0. The molecule has 0 amide bonds. The van der Waals surface area contributed by atoms with E-state index in [1.165, 1.54) is 10.9 Å². The highest BCUT2D eigenvalue weighted by Gasteiger charge is 2.26. The summed E-state index contributed by atoms with van der Waals surface area (Å²) in [6.07, 6.45) is 3.35. The van der Waals surface area contributed by atoms with Crippen LogP contribution in [0.1, 0.15) is 18.7 Å². The normalized spacial score (nSPS) is 12.3. The number of rotatable bonds is 6. The molecule has 130 valence electrons. The Morgan fingerprint density at radius 3 is 2.56 bits per heavy atom. The molecule has 7 heteroatoms. The highest BCUT2D eigenvalue weighted by Crippen LogP contribution is 2.34. The number of carboxylic acids is 1. The van der Waals surface area contributed by atoms with E-state index in [1.807, 2.05) is 50.4 Å². The average Bonchev–Trinajstić information content (AvgIpc) is 3.19. The Hall–Kier alpha value is -2.93. The third kappa shape index (κ3) is 3.06. The molecule has 0 saturated carbocycles. The largest absolute Gasteiger partial charge is 0.480 e. The summed E-state index contributed by atoms with van der Waals surface area (Å²) < 4.78 is 3.31. The molecular weight excluding hydrogens is 320 g/mol. The fourth-order valence-electron chi connectivity index (χ4n) is 2.87. The maximum absolute atomic E-state index is 11.6. The molecular formula is C18H20N4O3. The van der Waals surface area contributed by atoms with Crippen molar-refractivity contribution in [2.75, 3.05) is 6.61 Å². The zero-order valence-corrected chi connectivity index (χ0v) is 14.1. The molecule has 0 fully saturated rings. The molecule has 3 aromatic rings. The Balaban J connectivity index is 2.26. The van der Waals surface area contributed by atoms with Gasteiger partial charge in [0.1, 0.15) is 0 Å². The van der Waals surface area contributed by atoms with Gasteiger partial charge in [-0.2, -0.15) is 5.10 Å². The number of aliphatic hydroxyl groups excluding tert-OH is 1. The maximum Gasteiger partial charge on any atom is 0.329 e. The summed E-state index contributed by atoms with van der Waals surface area (Å²) >= 11 is 0. The summed E-state index contributed by atoms with van der Waals surface area (Å²) in [5, 5.41) is 23.5. The molecule has 2 N–H and O–H groups in total. The molecule has 0 radical (unpaired) electrons. The van der Waals surface area contributed by atoms with Crippen LogP contribution in [0.25, 0.3) is 22.5 Å². The van der Waals surface area contributed by atoms with Crippen LogP contribution in [-0.2, 0) is 11.3 Å². The number of benzene rings is 1. The van der Waals surface area contributed by atoms with Gasteiger partial charge in [0.05, 0.1) is 30.0 Å². The number of hydrogen-bond donors (Lipinski definition) is 2. The molecule has 1 aromatic carbocycles. The summed E-state index contributed by atoms with van der Waals surface area (Å²) in [5.41, 5.74) is 3.77. The average molecular weight is 340 g/mol. The number of aliphatic carboxylic acids is 1. The van der Waals surface area contributed by atoms with E-state index in [-0.39, 0.29) is 0 Å². The highest BCUT2D eigenvalue weighted by molar-refractivity contribution is 5.82. The summed E-state index contributed by atoms with van der Waals surface area (Å²) in [6.45, 7) is 4.05. The zero-order valence-electron chi connectivity index (χ0n) is 14.1. The third-order valence-corrected chi connectivity index (χ3v) is 4.16. The van der Waals surface area contributed by atoms with Gasteiger partial charge in [0.25, 0.3) is 0 Å². The van der Waals surface area contributed by atoms with E-state index in [4.69, 9.17) is 0 Å². The van der Waals surface area contributed by atoms with Gasteiger partial charge >= 0.3 is 5.97 Å². The van der Waals surface area contributed by atoms with E-state index in [9.17, 15) is 15.0 Å². The number of carboxylic acid groups (broad SMARTS) is 1. The first-order valence-electron chi connectivity index (χ1n) is 8.07. The first-order valence-corrected chi connectivity index (χ1v) is 8.07. The molecule has 25 heavy (non-hydrogen) atoms. The molecule has 7 nitrogen and oxygen atoms in total. The van der Waals surface area contributed by atoms with Crippen molar-refractivity contribution in [1.29, 1.82) is 0 Å². The second-order valence-electron chi connectivity index (χ2n) is 5.74. The molecule has 0 spiro atoms. The van der Waals surface area contributed by atoms with E-state index in [1.54, 1.807) is 4.68 Å². The fraction of sp³-hybridized carbons (Fsp3) is 0.278.